The van der Waals surface area contributed by atoms with Crippen molar-refractivity contribution in [3.63, 3.8) is 0 Å². The molecule has 3 rings (SSSR count). The Morgan fingerprint density at radius 2 is 1.93 bits per heavy atom. The van der Waals surface area contributed by atoms with E-state index in [1.165, 1.54) is 5.56 Å². The molecule has 0 saturated carbocycles. The maximum absolute atomic E-state index is 13.1. The fourth-order valence-electron chi connectivity index (χ4n) is 2.82. The van der Waals surface area contributed by atoms with Crippen molar-refractivity contribution in [1.29, 1.82) is 0 Å². The average Bonchev–Trinajstić information content (AvgIpc) is 3.25. The molecule has 3 aromatic rings. The summed E-state index contributed by atoms with van der Waals surface area (Å²) in [6.45, 7) is 0.454. The van der Waals surface area contributed by atoms with Crippen LogP contribution in [0.2, 0.25) is 0 Å². The smallest absolute Gasteiger partial charge is 0.255 e. The predicted octanol–water partition coefficient (Wildman–Crippen LogP) is 5.33. The number of benzene rings is 2. The van der Waals surface area contributed by atoms with Crippen LogP contribution in [0.3, 0.4) is 0 Å². The van der Waals surface area contributed by atoms with Crippen molar-refractivity contribution in [3.05, 3.63) is 76.0 Å². The summed E-state index contributed by atoms with van der Waals surface area (Å²) in [5.74, 6) is 2.28. The normalized spacial score (nSPS) is 10.5. The lowest BCUT2D eigenvalue weighted by Crippen LogP contribution is -2.26. The van der Waals surface area contributed by atoms with Crippen molar-refractivity contribution in [2.45, 2.75) is 17.2 Å². The molecular formula is C22H23NO3S2. The lowest BCUT2D eigenvalue weighted by atomic mass is 10.1. The number of thiophene rings is 1. The van der Waals surface area contributed by atoms with E-state index in [1.807, 2.05) is 49.5 Å². The van der Waals surface area contributed by atoms with Crippen LogP contribution in [-0.2, 0) is 12.3 Å². The molecule has 28 heavy (non-hydrogen) atoms. The molecule has 0 aliphatic carbocycles. The molecule has 4 nitrogen and oxygen atoms in total. The topological polar surface area (TPSA) is 38.8 Å². The van der Waals surface area contributed by atoms with Crippen LogP contribution in [-0.4, -0.2) is 32.1 Å². The standard InChI is InChI=1S/C22H23NO3S2/c1-23(13-17-8-9-18(25-2)12-20(17)26-3)22(24)19-6-4-5-7-21(19)28-15-16-10-11-27-14-16/h4-12,14H,13,15H2,1-3H3. The number of hydrogen-bond donors (Lipinski definition) is 0. The summed E-state index contributed by atoms with van der Waals surface area (Å²) < 4.78 is 10.7. The summed E-state index contributed by atoms with van der Waals surface area (Å²) in [7, 11) is 5.05. The Morgan fingerprint density at radius 3 is 2.64 bits per heavy atom. The highest BCUT2D eigenvalue weighted by molar-refractivity contribution is 7.98. The Balaban J connectivity index is 1.75. The fraction of sp³-hybridized carbons (Fsp3) is 0.227. The van der Waals surface area contributed by atoms with E-state index in [9.17, 15) is 4.79 Å². The molecule has 2 aromatic carbocycles. The van der Waals surface area contributed by atoms with E-state index in [4.69, 9.17) is 9.47 Å². The first-order chi connectivity index (χ1) is 13.6. The zero-order valence-electron chi connectivity index (χ0n) is 16.2. The number of amides is 1. The summed E-state index contributed by atoms with van der Waals surface area (Å²) in [6, 6.07) is 15.5. The van der Waals surface area contributed by atoms with E-state index in [2.05, 4.69) is 16.8 Å². The van der Waals surface area contributed by atoms with Crippen LogP contribution < -0.4 is 9.47 Å². The van der Waals surface area contributed by atoms with Gasteiger partial charge < -0.3 is 14.4 Å². The molecule has 0 N–H and O–H groups in total. The highest BCUT2D eigenvalue weighted by Crippen LogP contribution is 2.29. The number of hydrogen-bond acceptors (Lipinski definition) is 5. The summed E-state index contributed by atoms with van der Waals surface area (Å²) in [5.41, 5.74) is 2.92. The van der Waals surface area contributed by atoms with Gasteiger partial charge in [-0.05, 0) is 46.7 Å². The van der Waals surface area contributed by atoms with Gasteiger partial charge in [-0.2, -0.15) is 11.3 Å². The van der Waals surface area contributed by atoms with Crippen molar-refractivity contribution >= 4 is 29.0 Å². The second-order valence-corrected chi connectivity index (χ2v) is 8.05. The Bertz CT molecular complexity index is 925. The van der Waals surface area contributed by atoms with Crippen LogP contribution in [0.1, 0.15) is 21.5 Å². The molecule has 0 atom stereocenters. The first kappa shape index (κ1) is 20.3. The molecule has 0 unspecified atom stereocenters. The summed E-state index contributed by atoms with van der Waals surface area (Å²) in [5, 5.41) is 4.21. The van der Waals surface area contributed by atoms with Crippen LogP contribution in [0.4, 0.5) is 0 Å². The fourth-order valence-corrected chi connectivity index (χ4v) is 4.58. The Hall–Kier alpha value is -2.44. The molecule has 1 amide bonds. The van der Waals surface area contributed by atoms with Crippen molar-refractivity contribution in [2.24, 2.45) is 0 Å². The molecule has 0 fully saturated rings. The maximum Gasteiger partial charge on any atom is 0.255 e. The first-order valence-corrected chi connectivity index (χ1v) is 10.7. The highest BCUT2D eigenvalue weighted by Gasteiger charge is 2.18. The third-order valence-corrected chi connectivity index (χ3v) is 6.22. The van der Waals surface area contributed by atoms with Gasteiger partial charge in [-0.15, -0.1) is 11.8 Å². The number of nitrogens with zero attached hydrogens (tertiary/aromatic N) is 1. The Kier molecular flexibility index (Phi) is 7.01. The van der Waals surface area contributed by atoms with Crippen LogP contribution in [0.5, 0.6) is 11.5 Å². The molecular weight excluding hydrogens is 390 g/mol. The number of ether oxygens (including phenoxy) is 2. The molecule has 1 heterocycles. The molecule has 0 bridgehead atoms. The Morgan fingerprint density at radius 1 is 1.11 bits per heavy atom. The van der Waals surface area contributed by atoms with Crippen molar-refractivity contribution < 1.29 is 14.3 Å². The molecule has 146 valence electrons. The molecule has 6 heteroatoms. The zero-order valence-corrected chi connectivity index (χ0v) is 17.8. The first-order valence-electron chi connectivity index (χ1n) is 8.81. The number of carbonyl (C=O) groups is 1. The van der Waals surface area contributed by atoms with Crippen molar-refractivity contribution in [1.82, 2.24) is 4.90 Å². The van der Waals surface area contributed by atoms with E-state index in [1.54, 1.807) is 42.2 Å². The van der Waals surface area contributed by atoms with Gasteiger partial charge in [0.05, 0.1) is 19.8 Å². The quantitative estimate of drug-likeness (QED) is 0.468. The van der Waals surface area contributed by atoms with Crippen molar-refractivity contribution in [2.75, 3.05) is 21.3 Å². The van der Waals surface area contributed by atoms with Gasteiger partial charge in [0.1, 0.15) is 11.5 Å². The van der Waals surface area contributed by atoms with Gasteiger partial charge in [-0.25, -0.2) is 0 Å². The van der Waals surface area contributed by atoms with Crippen molar-refractivity contribution in [3.8, 4) is 11.5 Å². The van der Waals surface area contributed by atoms with Gasteiger partial charge in [0.15, 0.2) is 0 Å². The second-order valence-electron chi connectivity index (χ2n) is 6.26. The van der Waals surface area contributed by atoms with Gasteiger partial charge >= 0.3 is 0 Å². The van der Waals surface area contributed by atoms with Gasteiger partial charge in [0.25, 0.3) is 5.91 Å². The molecule has 0 saturated heterocycles. The Labute approximate surface area is 174 Å². The van der Waals surface area contributed by atoms with Crippen LogP contribution >= 0.6 is 23.1 Å². The van der Waals surface area contributed by atoms with E-state index in [-0.39, 0.29) is 5.91 Å². The van der Waals surface area contributed by atoms with Crippen LogP contribution in [0.25, 0.3) is 0 Å². The average molecular weight is 414 g/mol. The van der Waals surface area contributed by atoms with E-state index in [0.29, 0.717) is 12.3 Å². The zero-order chi connectivity index (χ0) is 19.9. The lowest BCUT2D eigenvalue weighted by Gasteiger charge is -2.20. The number of methoxy groups -OCH3 is 2. The summed E-state index contributed by atoms with van der Waals surface area (Å²) in [6.07, 6.45) is 0. The minimum absolute atomic E-state index is 0.00807. The predicted molar refractivity (Wildman–Crippen MR) is 116 cm³/mol. The molecule has 1 aromatic heterocycles. The minimum Gasteiger partial charge on any atom is -0.497 e. The summed E-state index contributed by atoms with van der Waals surface area (Å²) >= 11 is 3.38. The maximum atomic E-state index is 13.1. The van der Waals surface area contributed by atoms with E-state index < -0.39 is 0 Å². The largest absolute Gasteiger partial charge is 0.497 e. The van der Waals surface area contributed by atoms with Crippen LogP contribution in [0.15, 0.2) is 64.2 Å². The third-order valence-electron chi connectivity index (χ3n) is 4.34. The number of carbonyl (C=O) groups excluding carboxylic acids is 1. The number of rotatable bonds is 8. The lowest BCUT2D eigenvalue weighted by molar-refractivity contribution is 0.0781. The van der Waals surface area contributed by atoms with Crippen LogP contribution in [0, 0.1) is 0 Å². The third kappa shape index (κ3) is 4.88. The molecule has 0 aliphatic rings. The van der Waals surface area contributed by atoms with Gasteiger partial charge in [-0.3, -0.25) is 4.79 Å². The van der Waals surface area contributed by atoms with Gasteiger partial charge in [-0.1, -0.05) is 12.1 Å². The molecule has 0 radical (unpaired) electrons. The van der Waals surface area contributed by atoms with Gasteiger partial charge in [0, 0.05) is 35.9 Å². The molecule has 0 aliphatic heterocycles. The SMILES string of the molecule is COc1ccc(CN(C)C(=O)c2ccccc2SCc2ccsc2)c(OC)c1. The van der Waals surface area contributed by atoms with Gasteiger partial charge in [0.2, 0.25) is 0 Å². The second kappa shape index (κ2) is 9.66. The highest BCUT2D eigenvalue weighted by atomic mass is 32.2. The monoisotopic (exact) mass is 413 g/mol. The van der Waals surface area contributed by atoms with E-state index in [0.717, 1.165) is 27.5 Å². The minimum atomic E-state index is -0.00807. The number of thioether (sulfide) groups is 1. The molecule has 0 spiro atoms. The van der Waals surface area contributed by atoms with E-state index >= 15 is 0 Å². The summed E-state index contributed by atoms with van der Waals surface area (Å²) in [4.78, 5) is 15.8.